The van der Waals surface area contributed by atoms with Crippen molar-refractivity contribution in [2.24, 2.45) is 11.8 Å². The Morgan fingerprint density at radius 3 is 2.81 bits per heavy atom. The maximum absolute atomic E-state index is 13.1. The maximum Gasteiger partial charge on any atom is 0.237 e. The molecule has 2 saturated heterocycles. The molecule has 4 rings (SSSR count). The van der Waals surface area contributed by atoms with Crippen molar-refractivity contribution in [3.63, 3.8) is 0 Å². The van der Waals surface area contributed by atoms with E-state index in [-0.39, 0.29) is 29.8 Å². The van der Waals surface area contributed by atoms with Crippen LogP contribution in [0.1, 0.15) is 38.1 Å². The predicted octanol–water partition coefficient (Wildman–Crippen LogP) is 2.22. The van der Waals surface area contributed by atoms with Crippen LogP contribution in [-0.2, 0) is 22.6 Å². The van der Waals surface area contributed by atoms with Gasteiger partial charge in [0.2, 0.25) is 11.8 Å². The number of H-pyrrole nitrogens is 1. The summed E-state index contributed by atoms with van der Waals surface area (Å²) in [6.45, 7) is 6.86. The summed E-state index contributed by atoms with van der Waals surface area (Å²) in [5.41, 5.74) is 1.29. The third-order valence-electron chi connectivity index (χ3n) is 6.45. The molecule has 0 unspecified atom stereocenters. The first-order chi connectivity index (χ1) is 15.0. The first kappa shape index (κ1) is 21.6. The number of hydrogen-bond acceptors (Lipinski definition) is 4. The van der Waals surface area contributed by atoms with Crippen molar-refractivity contribution in [1.29, 1.82) is 0 Å². The number of nitrogens with zero attached hydrogens (tertiary/aromatic N) is 3. The lowest BCUT2D eigenvalue weighted by Crippen LogP contribution is -2.56. The van der Waals surface area contributed by atoms with Gasteiger partial charge in [-0.15, -0.1) is 0 Å². The zero-order chi connectivity index (χ0) is 21.8. The molecule has 3 atom stereocenters. The summed E-state index contributed by atoms with van der Waals surface area (Å²) in [5.74, 6) is 1.19. The number of rotatable bonds is 8. The van der Waals surface area contributed by atoms with Crippen molar-refractivity contribution in [2.75, 3.05) is 19.6 Å². The average molecular weight is 424 g/mol. The lowest BCUT2D eigenvalue weighted by atomic mass is 9.91. The van der Waals surface area contributed by atoms with E-state index in [1.54, 1.807) is 12.4 Å². The van der Waals surface area contributed by atoms with Gasteiger partial charge in [-0.2, -0.15) is 0 Å². The lowest BCUT2D eigenvalue weighted by Gasteiger charge is -2.40. The monoisotopic (exact) mass is 423 g/mol. The van der Waals surface area contributed by atoms with E-state index in [2.05, 4.69) is 58.3 Å². The van der Waals surface area contributed by atoms with Crippen molar-refractivity contribution in [3.05, 3.63) is 54.1 Å². The van der Waals surface area contributed by atoms with Crippen LogP contribution in [0.5, 0.6) is 0 Å². The average Bonchev–Trinajstić information content (AvgIpc) is 3.39. The van der Waals surface area contributed by atoms with E-state index in [9.17, 15) is 9.59 Å². The molecule has 0 radical (unpaired) electrons. The molecule has 0 spiro atoms. The van der Waals surface area contributed by atoms with E-state index in [4.69, 9.17) is 0 Å². The number of imidazole rings is 1. The van der Waals surface area contributed by atoms with E-state index >= 15 is 0 Å². The Hall–Kier alpha value is -2.67. The Morgan fingerprint density at radius 2 is 2.10 bits per heavy atom. The summed E-state index contributed by atoms with van der Waals surface area (Å²) in [5, 5.41) is 3.03. The number of nitrogens with one attached hydrogen (secondary N) is 2. The van der Waals surface area contributed by atoms with Crippen molar-refractivity contribution in [2.45, 2.75) is 51.7 Å². The van der Waals surface area contributed by atoms with Gasteiger partial charge in [0.1, 0.15) is 5.82 Å². The number of aromatic amines is 1. The van der Waals surface area contributed by atoms with E-state index in [1.165, 1.54) is 5.56 Å². The van der Waals surface area contributed by atoms with Gasteiger partial charge in [-0.05, 0) is 30.7 Å². The molecule has 2 fully saturated rings. The van der Waals surface area contributed by atoms with E-state index < -0.39 is 0 Å². The Balaban J connectivity index is 1.41. The number of benzene rings is 1. The molecule has 2 aliphatic rings. The summed E-state index contributed by atoms with van der Waals surface area (Å²) >= 11 is 0. The van der Waals surface area contributed by atoms with Gasteiger partial charge in [0, 0.05) is 37.6 Å². The fourth-order valence-corrected chi connectivity index (χ4v) is 5.06. The molecule has 31 heavy (non-hydrogen) atoms. The van der Waals surface area contributed by atoms with Crippen molar-refractivity contribution in [3.8, 4) is 0 Å². The largest absolute Gasteiger partial charge is 0.349 e. The molecule has 2 aliphatic heterocycles. The van der Waals surface area contributed by atoms with Crippen molar-refractivity contribution in [1.82, 2.24) is 25.1 Å². The van der Waals surface area contributed by atoms with Crippen molar-refractivity contribution >= 4 is 11.8 Å². The maximum atomic E-state index is 13.1. The molecule has 0 aliphatic carbocycles. The van der Waals surface area contributed by atoms with Gasteiger partial charge in [0.15, 0.2) is 0 Å². The van der Waals surface area contributed by atoms with Gasteiger partial charge in [-0.3, -0.25) is 14.5 Å². The zero-order valence-corrected chi connectivity index (χ0v) is 18.5. The van der Waals surface area contributed by atoms with Gasteiger partial charge < -0.3 is 15.2 Å². The normalized spacial score (nSPS) is 23.9. The molecule has 1 aromatic heterocycles. The fraction of sp³-hybridized carbons (Fsp3) is 0.542. The third-order valence-corrected chi connectivity index (χ3v) is 6.45. The molecule has 2 N–H and O–H groups in total. The van der Waals surface area contributed by atoms with Gasteiger partial charge in [0.05, 0.1) is 19.0 Å². The number of piperazine rings is 1. The van der Waals surface area contributed by atoms with Gasteiger partial charge >= 0.3 is 0 Å². The molecule has 166 valence electrons. The highest BCUT2D eigenvalue weighted by atomic mass is 16.2. The quantitative estimate of drug-likeness (QED) is 0.682. The van der Waals surface area contributed by atoms with Crippen LogP contribution in [0.3, 0.4) is 0 Å². The SMILES string of the molecule is CC(C)C[C@@H]1[C@H](C(=O)NCc2ncc[nH]2)C[C@@H]2CN(CCc3ccccc3)CC(=O)N21. The number of fused-ring (bicyclic) bond motifs is 1. The molecule has 0 bridgehead atoms. The molecule has 7 heteroatoms. The summed E-state index contributed by atoms with van der Waals surface area (Å²) in [6.07, 6.45) is 5.95. The first-order valence-electron chi connectivity index (χ1n) is 11.3. The second kappa shape index (κ2) is 9.64. The van der Waals surface area contributed by atoms with Crippen molar-refractivity contribution < 1.29 is 9.59 Å². The Kier molecular flexibility index (Phi) is 6.70. The summed E-state index contributed by atoms with van der Waals surface area (Å²) in [6, 6.07) is 10.5. The second-order valence-electron chi connectivity index (χ2n) is 9.22. The Morgan fingerprint density at radius 1 is 1.29 bits per heavy atom. The Labute approximate surface area is 184 Å². The minimum absolute atomic E-state index is 0.0228. The van der Waals surface area contributed by atoms with E-state index in [0.29, 0.717) is 19.0 Å². The minimum Gasteiger partial charge on any atom is -0.349 e. The van der Waals surface area contributed by atoms with Crippen LogP contribution in [0.25, 0.3) is 0 Å². The number of carbonyl (C=O) groups is 2. The molecule has 2 aromatic rings. The van der Waals surface area contributed by atoms with Crippen LogP contribution in [0.2, 0.25) is 0 Å². The summed E-state index contributed by atoms with van der Waals surface area (Å²) in [4.78, 5) is 37.7. The molecular formula is C24H33N5O2. The third kappa shape index (κ3) is 5.15. The van der Waals surface area contributed by atoms with Crippen LogP contribution in [0.4, 0.5) is 0 Å². The second-order valence-corrected chi connectivity index (χ2v) is 9.22. The van der Waals surface area contributed by atoms with Crippen LogP contribution >= 0.6 is 0 Å². The summed E-state index contributed by atoms with van der Waals surface area (Å²) < 4.78 is 0. The fourth-order valence-electron chi connectivity index (χ4n) is 5.06. The lowest BCUT2D eigenvalue weighted by molar-refractivity contribution is -0.141. The highest BCUT2D eigenvalue weighted by molar-refractivity contribution is 5.84. The number of aromatic nitrogens is 2. The van der Waals surface area contributed by atoms with Gasteiger partial charge in [-0.25, -0.2) is 4.98 Å². The van der Waals surface area contributed by atoms with E-state index in [0.717, 1.165) is 38.2 Å². The first-order valence-corrected chi connectivity index (χ1v) is 11.3. The number of amides is 2. The van der Waals surface area contributed by atoms with Crippen LogP contribution in [0, 0.1) is 11.8 Å². The number of hydrogen-bond donors (Lipinski definition) is 2. The molecular weight excluding hydrogens is 390 g/mol. The predicted molar refractivity (Wildman–Crippen MR) is 119 cm³/mol. The zero-order valence-electron chi connectivity index (χ0n) is 18.5. The molecule has 0 saturated carbocycles. The molecule has 1 aromatic carbocycles. The number of carbonyl (C=O) groups excluding carboxylic acids is 2. The van der Waals surface area contributed by atoms with Crippen LogP contribution in [-0.4, -0.2) is 63.3 Å². The molecule has 3 heterocycles. The topological polar surface area (TPSA) is 81.3 Å². The highest BCUT2D eigenvalue weighted by Gasteiger charge is 2.49. The minimum atomic E-state index is -0.166. The van der Waals surface area contributed by atoms with Crippen LogP contribution in [0.15, 0.2) is 42.7 Å². The summed E-state index contributed by atoms with van der Waals surface area (Å²) in [7, 11) is 0. The molecule has 2 amide bonds. The Bertz CT molecular complexity index is 867. The van der Waals surface area contributed by atoms with Crippen LogP contribution < -0.4 is 5.32 Å². The van der Waals surface area contributed by atoms with Gasteiger partial charge in [-0.1, -0.05) is 44.2 Å². The standard InChI is InChI=1S/C24H33N5O2/c1-17(2)12-21-20(24(31)27-14-22-25-9-10-26-22)13-19-15-28(16-23(30)29(19)21)11-8-18-6-4-3-5-7-18/h3-7,9-10,17,19-21H,8,11-16H2,1-2H3,(H,25,26)(H,27,31)/t19-,20-,21-/m1/s1. The highest BCUT2D eigenvalue weighted by Crippen LogP contribution is 2.36. The smallest absolute Gasteiger partial charge is 0.237 e. The molecule has 7 nitrogen and oxygen atoms in total. The van der Waals surface area contributed by atoms with E-state index in [1.807, 2.05) is 11.0 Å². The van der Waals surface area contributed by atoms with Gasteiger partial charge in [0.25, 0.3) is 0 Å².